The van der Waals surface area contributed by atoms with Crippen molar-refractivity contribution in [3.05, 3.63) is 65.5 Å². The van der Waals surface area contributed by atoms with Gasteiger partial charge in [0, 0.05) is 0 Å². The fourth-order valence-corrected chi connectivity index (χ4v) is 2.01. The molecule has 0 fully saturated rings. The predicted molar refractivity (Wildman–Crippen MR) is 89.4 cm³/mol. The Labute approximate surface area is 144 Å². The number of hydrogen-bond acceptors (Lipinski definition) is 4. The maximum absolute atomic E-state index is 13.0. The second-order valence-corrected chi connectivity index (χ2v) is 5.19. The number of rotatable bonds is 5. The summed E-state index contributed by atoms with van der Waals surface area (Å²) in [5, 5.41) is 18.9. The highest BCUT2D eigenvalue weighted by Gasteiger charge is 2.09. The highest BCUT2D eigenvalue weighted by Crippen LogP contribution is 2.28. The third kappa shape index (κ3) is 4.80. The summed E-state index contributed by atoms with van der Waals surface area (Å²) in [5.74, 6) is 0.324. The second-order valence-electron chi connectivity index (χ2n) is 5.19. The van der Waals surface area contributed by atoms with E-state index in [4.69, 9.17) is 10.5 Å². The van der Waals surface area contributed by atoms with Crippen molar-refractivity contribution in [2.45, 2.75) is 6.92 Å². The number of nitriles is 1. The van der Waals surface area contributed by atoms with Crippen molar-refractivity contribution >= 4 is 11.6 Å². The number of halogens is 1. The SMILES string of the molecule is C/C(=C/CN(O)C(N)=O)c1ccc(C#N)c(Oc2ccc(F)cc2)c1. The monoisotopic (exact) mass is 341 g/mol. The molecule has 2 aromatic carbocycles. The van der Waals surface area contributed by atoms with Crippen LogP contribution < -0.4 is 10.5 Å². The van der Waals surface area contributed by atoms with Crippen LogP contribution in [0.1, 0.15) is 18.1 Å². The zero-order valence-electron chi connectivity index (χ0n) is 13.4. The van der Waals surface area contributed by atoms with E-state index in [-0.39, 0.29) is 12.4 Å². The summed E-state index contributed by atoms with van der Waals surface area (Å²) < 4.78 is 18.6. The number of allylic oxidation sites excluding steroid dienone is 1. The van der Waals surface area contributed by atoms with Gasteiger partial charge >= 0.3 is 6.03 Å². The van der Waals surface area contributed by atoms with Gasteiger partial charge in [-0.3, -0.25) is 5.21 Å². The van der Waals surface area contributed by atoms with E-state index in [9.17, 15) is 19.7 Å². The molecule has 0 spiro atoms. The van der Waals surface area contributed by atoms with Gasteiger partial charge in [-0.05, 0) is 54.5 Å². The van der Waals surface area contributed by atoms with E-state index >= 15 is 0 Å². The summed E-state index contributed by atoms with van der Waals surface area (Å²) in [6.07, 6.45) is 1.60. The number of carbonyl (C=O) groups excluding carboxylic acids is 1. The Bertz CT molecular complexity index is 842. The Balaban J connectivity index is 2.27. The van der Waals surface area contributed by atoms with Crippen LogP contribution >= 0.6 is 0 Å². The van der Waals surface area contributed by atoms with Gasteiger partial charge in [-0.25, -0.2) is 14.2 Å². The maximum Gasteiger partial charge on any atom is 0.338 e. The van der Waals surface area contributed by atoms with Crippen molar-refractivity contribution in [1.29, 1.82) is 5.26 Å². The molecule has 6 nitrogen and oxygen atoms in total. The van der Waals surface area contributed by atoms with Crippen LogP contribution in [0.25, 0.3) is 5.57 Å². The maximum atomic E-state index is 13.0. The Hall–Kier alpha value is -3.37. The van der Waals surface area contributed by atoms with Crippen molar-refractivity contribution in [2.24, 2.45) is 5.73 Å². The van der Waals surface area contributed by atoms with Gasteiger partial charge in [0.15, 0.2) is 0 Å². The number of benzene rings is 2. The Morgan fingerprint density at radius 1 is 1.36 bits per heavy atom. The molecule has 0 aliphatic carbocycles. The molecule has 0 aliphatic heterocycles. The average Bonchev–Trinajstić information content (AvgIpc) is 2.61. The summed E-state index contributed by atoms with van der Waals surface area (Å²) in [6, 6.07) is 11.5. The molecule has 0 aliphatic rings. The topological polar surface area (TPSA) is 99.6 Å². The smallest absolute Gasteiger partial charge is 0.338 e. The van der Waals surface area contributed by atoms with Crippen LogP contribution in [0.2, 0.25) is 0 Å². The summed E-state index contributed by atoms with van der Waals surface area (Å²) in [4.78, 5) is 10.8. The van der Waals surface area contributed by atoms with Crippen LogP contribution in [-0.2, 0) is 0 Å². The normalized spacial score (nSPS) is 10.9. The van der Waals surface area contributed by atoms with E-state index in [2.05, 4.69) is 0 Å². The molecule has 128 valence electrons. The Morgan fingerprint density at radius 3 is 2.64 bits per heavy atom. The minimum Gasteiger partial charge on any atom is -0.456 e. The number of urea groups is 1. The molecule has 2 aromatic rings. The zero-order valence-corrected chi connectivity index (χ0v) is 13.4. The lowest BCUT2D eigenvalue weighted by atomic mass is 10.0. The van der Waals surface area contributed by atoms with Crippen LogP contribution in [0.5, 0.6) is 11.5 Å². The second kappa shape index (κ2) is 7.95. The Kier molecular flexibility index (Phi) is 5.71. The summed E-state index contributed by atoms with van der Waals surface area (Å²) in [5.41, 5.74) is 6.74. The zero-order chi connectivity index (χ0) is 18.4. The molecule has 7 heteroatoms. The van der Waals surface area contributed by atoms with Gasteiger partial charge in [-0.1, -0.05) is 12.1 Å². The minimum absolute atomic E-state index is 0.0741. The fourth-order valence-electron chi connectivity index (χ4n) is 2.01. The number of carbonyl (C=O) groups is 1. The summed E-state index contributed by atoms with van der Waals surface area (Å²) in [7, 11) is 0. The van der Waals surface area contributed by atoms with Gasteiger partial charge in [0.1, 0.15) is 23.4 Å². The molecular weight excluding hydrogens is 325 g/mol. The number of hydroxylamine groups is 2. The summed E-state index contributed by atoms with van der Waals surface area (Å²) in [6.45, 7) is 1.70. The van der Waals surface area contributed by atoms with Crippen LogP contribution in [0.4, 0.5) is 9.18 Å². The highest BCUT2D eigenvalue weighted by molar-refractivity contribution is 5.72. The van der Waals surface area contributed by atoms with Crippen LogP contribution in [0.15, 0.2) is 48.5 Å². The van der Waals surface area contributed by atoms with Gasteiger partial charge in [-0.15, -0.1) is 0 Å². The minimum atomic E-state index is -0.954. The molecule has 0 saturated heterocycles. The third-order valence-corrected chi connectivity index (χ3v) is 3.42. The molecule has 2 amide bonds. The lowest BCUT2D eigenvalue weighted by Gasteiger charge is -2.12. The van der Waals surface area contributed by atoms with Gasteiger partial charge in [-0.2, -0.15) is 5.26 Å². The van der Waals surface area contributed by atoms with E-state index in [0.717, 1.165) is 11.1 Å². The van der Waals surface area contributed by atoms with Crippen LogP contribution in [0.3, 0.4) is 0 Å². The molecule has 0 heterocycles. The van der Waals surface area contributed by atoms with Crippen molar-refractivity contribution in [2.75, 3.05) is 6.54 Å². The lowest BCUT2D eigenvalue weighted by molar-refractivity contribution is -0.0287. The quantitative estimate of drug-likeness (QED) is 0.640. The molecule has 3 N–H and O–H groups in total. The van der Waals surface area contributed by atoms with Crippen molar-refractivity contribution in [3.63, 3.8) is 0 Å². The van der Waals surface area contributed by atoms with Crippen LogP contribution in [0, 0.1) is 17.1 Å². The molecule has 0 saturated carbocycles. The molecule has 0 radical (unpaired) electrons. The first-order valence-corrected chi connectivity index (χ1v) is 7.31. The molecule has 0 unspecified atom stereocenters. The number of ether oxygens (including phenoxy) is 1. The van der Waals surface area contributed by atoms with E-state index < -0.39 is 6.03 Å². The molecule has 0 atom stereocenters. The van der Waals surface area contributed by atoms with E-state index in [1.807, 2.05) is 6.07 Å². The standard InChI is InChI=1S/C18H16FN3O3/c1-12(8-9-22(24)18(21)23)13-2-3-14(11-20)17(10-13)25-16-6-4-15(19)5-7-16/h2-8,10,24H,9H2,1H3,(H2,21,23)/b12-8-. The van der Waals surface area contributed by atoms with Crippen LogP contribution in [-0.4, -0.2) is 22.8 Å². The number of nitrogens with zero attached hydrogens (tertiary/aromatic N) is 2. The summed E-state index contributed by atoms with van der Waals surface area (Å²) >= 11 is 0. The third-order valence-electron chi connectivity index (χ3n) is 3.42. The van der Waals surface area contributed by atoms with E-state index in [0.29, 0.717) is 22.1 Å². The van der Waals surface area contributed by atoms with Crippen molar-refractivity contribution in [1.82, 2.24) is 5.06 Å². The van der Waals surface area contributed by atoms with E-state index in [1.54, 1.807) is 31.2 Å². The number of hydrogen-bond donors (Lipinski definition) is 2. The first-order chi connectivity index (χ1) is 11.9. The lowest BCUT2D eigenvalue weighted by Crippen LogP contribution is -2.32. The van der Waals surface area contributed by atoms with Gasteiger partial charge < -0.3 is 10.5 Å². The predicted octanol–water partition coefficient (Wildman–Crippen LogP) is 3.66. The molecular formula is C18H16FN3O3. The first-order valence-electron chi connectivity index (χ1n) is 7.31. The molecule has 0 bridgehead atoms. The van der Waals surface area contributed by atoms with Gasteiger partial charge in [0.2, 0.25) is 0 Å². The average molecular weight is 341 g/mol. The highest BCUT2D eigenvalue weighted by atomic mass is 19.1. The molecule has 0 aromatic heterocycles. The van der Waals surface area contributed by atoms with E-state index in [1.165, 1.54) is 24.3 Å². The number of amides is 2. The Morgan fingerprint density at radius 2 is 2.04 bits per heavy atom. The van der Waals surface area contributed by atoms with Crippen molar-refractivity contribution < 1.29 is 19.1 Å². The van der Waals surface area contributed by atoms with Crippen molar-refractivity contribution in [3.8, 4) is 17.6 Å². The van der Waals surface area contributed by atoms with Gasteiger partial charge in [0.05, 0.1) is 12.1 Å². The molecule has 2 rings (SSSR count). The largest absolute Gasteiger partial charge is 0.456 e. The molecule has 25 heavy (non-hydrogen) atoms. The number of nitrogens with two attached hydrogens (primary N) is 1. The van der Waals surface area contributed by atoms with Gasteiger partial charge in [0.25, 0.3) is 0 Å². The number of primary amides is 1. The first kappa shape index (κ1) is 18.0. The fraction of sp³-hybridized carbons (Fsp3) is 0.111.